The molecule has 0 aromatic heterocycles. The van der Waals surface area contributed by atoms with Gasteiger partial charge in [-0.1, -0.05) is 29.5 Å². The minimum absolute atomic E-state index is 0.0629. The smallest absolute Gasteiger partial charge is 0.227 e. The predicted molar refractivity (Wildman–Crippen MR) is 110 cm³/mol. The Morgan fingerprint density at radius 3 is 2.59 bits per heavy atom. The number of benzene rings is 1. The van der Waals surface area contributed by atoms with Gasteiger partial charge in [0.2, 0.25) is 16.9 Å². The monoisotopic (exact) mass is 415 g/mol. The third-order valence-electron chi connectivity index (χ3n) is 5.91. The number of likely N-dealkylation sites (tertiary alicyclic amines) is 1. The van der Waals surface area contributed by atoms with Gasteiger partial charge in [0, 0.05) is 25.2 Å². The van der Waals surface area contributed by atoms with E-state index in [1.54, 1.807) is 4.90 Å². The van der Waals surface area contributed by atoms with Crippen LogP contribution >= 0.6 is 11.8 Å². The molecule has 0 spiro atoms. The molecule has 1 aromatic carbocycles. The summed E-state index contributed by atoms with van der Waals surface area (Å²) in [5, 5.41) is 2.90. The Hall–Kier alpha value is -2.19. The van der Waals surface area contributed by atoms with Crippen molar-refractivity contribution < 1.29 is 19.2 Å². The summed E-state index contributed by atoms with van der Waals surface area (Å²) in [6.45, 7) is 2.95. The van der Waals surface area contributed by atoms with Gasteiger partial charge in [-0.2, -0.15) is 0 Å². The van der Waals surface area contributed by atoms with Gasteiger partial charge in [-0.25, -0.2) is 0 Å². The molecule has 3 fully saturated rings. The molecule has 2 amide bonds. The van der Waals surface area contributed by atoms with Crippen LogP contribution in [0.3, 0.4) is 0 Å². The van der Waals surface area contributed by atoms with Gasteiger partial charge in [0.1, 0.15) is 6.04 Å². The number of carbonyl (C=O) groups is 4. The highest BCUT2D eigenvalue weighted by Gasteiger charge is 2.43. The molecule has 4 rings (SSSR count). The van der Waals surface area contributed by atoms with Crippen molar-refractivity contribution in [1.29, 1.82) is 0 Å². The van der Waals surface area contributed by atoms with Crippen LogP contribution in [-0.4, -0.2) is 58.7 Å². The van der Waals surface area contributed by atoms with E-state index >= 15 is 0 Å². The molecule has 1 N–H and O–H groups in total. The number of piperidine rings is 1. The van der Waals surface area contributed by atoms with Crippen molar-refractivity contribution in [1.82, 2.24) is 10.2 Å². The van der Waals surface area contributed by atoms with Crippen molar-refractivity contribution in [2.75, 3.05) is 23.7 Å². The van der Waals surface area contributed by atoms with E-state index in [-0.39, 0.29) is 41.1 Å². The quantitative estimate of drug-likeness (QED) is 0.750. The molecule has 154 valence electrons. The van der Waals surface area contributed by atoms with E-state index in [0.29, 0.717) is 19.5 Å². The number of hydrogen-bond acceptors (Lipinski definition) is 6. The number of thioether (sulfide) groups is 1. The lowest BCUT2D eigenvalue weighted by atomic mass is 10.0. The van der Waals surface area contributed by atoms with Crippen LogP contribution in [0.4, 0.5) is 5.69 Å². The van der Waals surface area contributed by atoms with Gasteiger partial charge in [-0.3, -0.25) is 24.1 Å². The van der Waals surface area contributed by atoms with E-state index in [0.717, 1.165) is 35.9 Å². The Morgan fingerprint density at radius 2 is 1.90 bits per heavy atom. The van der Waals surface area contributed by atoms with E-state index in [2.05, 4.69) is 5.32 Å². The zero-order chi connectivity index (χ0) is 20.5. The molecular formula is C21H25N3O4S. The maximum atomic E-state index is 12.9. The molecule has 3 aliphatic rings. The maximum absolute atomic E-state index is 12.9. The number of amides is 2. The molecular weight excluding hydrogens is 390 g/mol. The van der Waals surface area contributed by atoms with Crippen LogP contribution in [0.2, 0.25) is 0 Å². The van der Waals surface area contributed by atoms with Crippen LogP contribution in [-0.2, 0) is 19.2 Å². The molecule has 0 aliphatic carbocycles. The molecule has 0 radical (unpaired) electrons. The Kier molecular flexibility index (Phi) is 5.74. The van der Waals surface area contributed by atoms with Crippen LogP contribution in [0.25, 0.3) is 0 Å². The third-order valence-corrected chi connectivity index (χ3v) is 6.85. The molecule has 0 bridgehead atoms. The fourth-order valence-electron chi connectivity index (χ4n) is 4.31. The molecule has 3 aliphatic heterocycles. The minimum atomic E-state index is -0.750. The Balaban J connectivity index is 1.43. The normalized spacial score (nSPS) is 28.2. The zero-order valence-corrected chi connectivity index (χ0v) is 17.2. The lowest BCUT2D eigenvalue weighted by molar-refractivity contribution is -0.134. The second kappa shape index (κ2) is 8.28. The lowest BCUT2D eigenvalue weighted by Crippen LogP contribution is -2.58. The highest BCUT2D eigenvalue weighted by molar-refractivity contribution is 8.15. The Bertz CT molecular complexity index is 825. The average Bonchev–Trinajstić information content (AvgIpc) is 3.25. The summed E-state index contributed by atoms with van der Waals surface area (Å²) >= 11 is 1.06. The molecule has 0 saturated carbocycles. The number of rotatable bonds is 4. The van der Waals surface area contributed by atoms with Gasteiger partial charge < -0.3 is 10.2 Å². The largest absolute Gasteiger partial charge is 0.340 e. The number of nitrogens with zero attached hydrogens (tertiary/aromatic N) is 2. The second-order valence-electron chi connectivity index (χ2n) is 7.98. The highest BCUT2D eigenvalue weighted by atomic mass is 32.2. The second-order valence-corrected chi connectivity index (χ2v) is 8.96. The first-order chi connectivity index (χ1) is 13.9. The van der Waals surface area contributed by atoms with E-state index in [4.69, 9.17) is 0 Å². The highest BCUT2D eigenvalue weighted by Crippen LogP contribution is 2.29. The van der Waals surface area contributed by atoms with Gasteiger partial charge in [-0.05, 0) is 38.3 Å². The molecule has 29 heavy (non-hydrogen) atoms. The lowest BCUT2D eigenvalue weighted by Gasteiger charge is -2.38. The van der Waals surface area contributed by atoms with E-state index in [1.807, 2.05) is 36.1 Å². The number of hydrogen-bond donors (Lipinski definition) is 1. The van der Waals surface area contributed by atoms with Crippen molar-refractivity contribution >= 4 is 40.2 Å². The van der Waals surface area contributed by atoms with Crippen molar-refractivity contribution in [3.63, 3.8) is 0 Å². The molecule has 3 saturated heterocycles. The Labute approximate surface area is 174 Å². The van der Waals surface area contributed by atoms with Crippen LogP contribution < -0.4 is 10.2 Å². The van der Waals surface area contributed by atoms with Gasteiger partial charge in [0.05, 0.1) is 17.8 Å². The summed E-state index contributed by atoms with van der Waals surface area (Å²) in [6, 6.07) is 6.93. The first-order valence-electron chi connectivity index (χ1n) is 10.1. The molecule has 1 aromatic rings. The summed E-state index contributed by atoms with van der Waals surface area (Å²) in [5.74, 6) is -0.550. The van der Waals surface area contributed by atoms with Gasteiger partial charge in [-0.15, -0.1) is 0 Å². The van der Waals surface area contributed by atoms with Crippen molar-refractivity contribution in [3.8, 4) is 0 Å². The summed E-state index contributed by atoms with van der Waals surface area (Å²) in [5.41, 5.74) is 1.91. The van der Waals surface area contributed by atoms with Gasteiger partial charge in [0.25, 0.3) is 0 Å². The predicted octanol–water partition coefficient (Wildman–Crippen LogP) is 1.49. The molecule has 3 atom stereocenters. The van der Waals surface area contributed by atoms with Crippen LogP contribution in [0, 0.1) is 12.8 Å². The first-order valence-corrected chi connectivity index (χ1v) is 11.0. The van der Waals surface area contributed by atoms with Crippen molar-refractivity contribution in [2.45, 2.75) is 44.8 Å². The van der Waals surface area contributed by atoms with E-state index in [9.17, 15) is 19.2 Å². The minimum Gasteiger partial charge on any atom is -0.340 e. The number of ketones is 1. The van der Waals surface area contributed by atoms with Crippen molar-refractivity contribution in [2.24, 2.45) is 5.92 Å². The van der Waals surface area contributed by atoms with E-state index < -0.39 is 12.0 Å². The van der Waals surface area contributed by atoms with Gasteiger partial charge in [0.15, 0.2) is 5.78 Å². The summed E-state index contributed by atoms with van der Waals surface area (Å²) < 4.78 is 0. The molecule has 7 nitrogen and oxygen atoms in total. The number of nitrogens with one attached hydrogen (secondary N) is 1. The van der Waals surface area contributed by atoms with Crippen LogP contribution in [0.5, 0.6) is 0 Å². The van der Waals surface area contributed by atoms with Crippen LogP contribution in [0.15, 0.2) is 24.3 Å². The zero-order valence-electron chi connectivity index (χ0n) is 16.4. The molecule has 3 heterocycles. The van der Waals surface area contributed by atoms with Crippen molar-refractivity contribution in [3.05, 3.63) is 29.8 Å². The first kappa shape index (κ1) is 20.1. The number of anilines is 1. The summed E-state index contributed by atoms with van der Waals surface area (Å²) in [7, 11) is 0. The maximum Gasteiger partial charge on any atom is 0.227 e. The summed E-state index contributed by atoms with van der Waals surface area (Å²) in [4.78, 5) is 53.3. The van der Waals surface area contributed by atoms with Gasteiger partial charge >= 0.3 is 0 Å². The number of carbonyl (C=O) groups excluding carboxylic acids is 4. The third kappa shape index (κ3) is 4.09. The fourth-order valence-corrected chi connectivity index (χ4v) is 5.18. The van der Waals surface area contributed by atoms with Crippen LogP contribution in [0.1, 0.15) is 31.2 Å². The standard InChI is InChI=1S/C21H25N3O4S/c1-13-5-7-15(8-6-13)24-11-14(10-18(24)26)20(27)22-17-4-2-3-9-23(17)19-16(25)12-29-21(19)28/h5-8,14,17,19H,2-4,9-12H2,1H3,(H,22,27). The average molecular weight is 416 g/mol. The summed E-state index contributed by atoms with van der Waals surface area (Å²) in [6.07, 6.45) is 2.37. The molecule has 3 unspecified atom stereocenters. The molecule has 8 heteroatoms. The topological polar surface area (TPSA) is 86.8 Å². The number of Topliss-reactive ketones (excluding diaryl/α,β-unsaturated/α-hetero) is 1. The Morgan fingerprint density at radius 1 is 1.14 bits per heavy atom. The van der Waals surface area contributed by atoms with E-state index in [1.165, 1.54) is 0 Å². The number of aryl methyl sites for hydroxylation is 1. The fraction of sp³-hybridized carbons (Fsp3) is 0.524. The SMILES string of the molecule is Cc1ccc(N2CC(C(=O)NC3CCCCN3C3C(=O)CSC3=O)CC2=O)cc1.